The van der Waals surface area contributed by atoms with E-state index >= 15 is 0 Å². The molecule has 1 heterocycles. The Hall–Kier alpha value is 1.17. The van der Waals surface area contributed by atoms with E-state index < -0.39 is 6.29 Å². The zero-order chi connectivity index (χ0) is 9.27. The van der Waals surface area contributed by atoms with Crippen molar-refractivity contribution in [3.05, 3.63) is 0 Å². The average molecular weight is 242 g/mol. The zero-order valence-corrected chi connectivity index (χ0v) is 12.0. The molecule has 0 aliphatic rings. The first-order chi connectivity index (χ1) is 5.67. The maximum atomic E-state index is 2.44. The third-order valence-electron chi connectivity index (χ3n) is 3.85. The summed E-state index contributed by atoms with van der Waals surface area (Å²) in [5.41, 5.74) is 0.381. The van der Waals surface area contributed by atoms with Crippen molar-refractivity contribution >= 4 is 31.8 Å². The van der Waals surface area contributed by atoms with Crippen LogP contribution in [0.4, 0.5) is 0 Å². The fourth-order valence-electron chi connectivity index (χ4n) is 2.01. The fraction of sp³-hybridized carbons (Fsp3) is 1.00. The molecule has 0 amide bonds. The summed E-state index contributed by atoms with van der Waals surface area (Å²) < 4.78 is 0. The standard InChI is InChI=1S/C8H20P2S2/c1-5-10(6-2,7-3,8-4)9-11-12-9/h5-8H2,1-4H3. The van der Waals surface area contributed by atoms with Gasteiger partial charge in [0.1, 0.15) is 0 Å². The van der Waals surface area contributed by atoms with Gasteiger partial charge in [-0.05, 0) is 0 Å². The van der Waals surface area contributed by atoms with Crippen molar-refractivity contribution in [1.82, 2.24) is 0 Å². The quantitative estimate of drug-likeness (QED) is 0.492. The van der Waals surface area contributed by atoms with Gasteiger partial charge in [-0.2, -0.15) is 0 Å². The monoisotopic (exact) mass is 242 g/mol. The third kappa shape index (κ3) is 1.46. The Bertz CT molecular complexity index is 198. The zero-order valence-electron chi connectivity index (χ0n) is 8.54. The van der Waals surface area contributed by atoms with Crippen LogP contribution in [0.5, 0.6) is 0 Å². The third-order valence-corrected chi connectivity index (χ3v) is 33.0. The molecule has 4 heteroatoms. The number of rotatable bonds is 5. The summed E-state index contributed by atoms with van der Waals surface area (Å²) >= 11 is 0. The molecule has 0 aromatic carbocycles. The molecule has 0 saturated heterocycles. The molecule has 1 rings (SSSR count). The van der Waals surface area contributed by atoms with Crippen molar-refractivity contribution in [2.75, 3.05) is 24.6 Å². The normalized spacial score (nSPS) is 16.2. The van der Waals surface area contributed by atoms with Gasteiger partial charge in [0.15, 0.2) is 0 Å². The average Bonchev–Trinajstić information content (AvgIpc) is 2.95. The van der Waals surface area contributed by atoms with Crippen molar-refractivity contribution < 1.29 is 0 Å². The Kier molecular flexibility index (Phi) is 3.50. The van der Waals surface area contributed by atoms with E-state index in [0.29, 0.717) is 5.58 Å². The van der Waals surface area contributed by atoms with Crippen molar-refractivity contribution in [2.45, 2.75) is 27.7 Å². The first kappa shape index (κ1) is 11.2. The molecule has 0 unspecified atom stereocenters. The molecule has 0 N–H and O–H groups in total. The summed E-state index contributed by atoms with van der Waals surface area (Å²) in [6, 6.07) is 0. The van der Waals surface area contributed by atoms with Crippen LogP contribution in [0, 0.1) is 0 Å². The molecule has 0 spiro atoms. The van der Waals surface area contributed by atoms with E-state index in [9.17, 15) is 0 Å². The van der Waals surface area contributed by atoms with Gasteiger partial charge in [-0.3, -0.25) is 0 Å². The Balaban J connectivity index is 3.04. The summed E-state index contributed by atoms with van der Waals surface area (Å²) in [5.74, 6) is 0. The predicted molar refractivity (Wildman–Crippen MR) is 69.4 cm³/mol. The molecule has 0 atom stereocenters. The van der Waals surface area contributed by atoms with Crippen LogP contribution in [-0.4, -0.2) is 24.6 Å². The van der Waals surface area contributed by atoms with Gasteiger partial charge in [0.25, 0.3) is 0 Å². The van der Waals surface area contributed by atoms with Crippen LogP contribution in [0.1, 0.15) is 27.7 Å². The molecule has 0 saturated carbocycles. The van der Waals surface area contributed by atoms with E-state index in [-0.39, 0.29) is 0 Å². The molecule has 74 valence electrons. The van der Waals surface area contributed by atoms with Crippen LogP contribution in [0.25, 0.3) is 0 Å². The topological polar surface area (TPSA) is 0 Å². The van der Waals surface area contributed by atoms with Gasteiger partial charge in [-0.15, -0.1) is 0 Å². The summed E-state index contributed by atoms with van der Waals surface area (Å²) in [6.45, 7) is 9.76. The van der Waals surface area contributed by atoms with E-state index in [1.54, 1.807) is 0 Å². The minimum absolute atomic E-state index is 0.381. The van der Waals surface area contributed by atoms with E-state index in [4.69, 9.17) is 0 Å². The molecule has 0 aliphatic heterocycles. The van der Waals surface area contributed by atoms with Crippen molar-refractivity contribution in [2.24, 2.45) is 0 Å². The first-order valence-electron chi connectivity index (χ1n) is 4.83. The van der Waals surface area contributed by atoms with Crippen LogP contribution in [-0.2, 0) is 0 Å². The summed E-state index contributed by atoms with van der Waals surface area (Å²) in [7, 11) is 4.42. The second-order valence-corrected chi connectivity index (χ2v) is 23.4. The molecule has 1 aromatic heterocycles. The SMILES string of the molecule is CCP(CC)(CC)(CC)p1ss1. The molecular weight excluding hydrogens is 222 g/mol. The molecule has 0 radical (unpaired) electrons. The number of hydrogen-bond acceptors (Lipinski definition) is 2. The van der Waals surface area contributed by atoms with E-state index in [0.717, 1.165) is 0 Å². The fourth-order valence-corrected chi connectivity index (χ4v) is 35.4. The minimum atomic E-state index is -1.19. The van der Waals surface area contributed by atoms with Gasteiger partial charge in [-0.1, -0.05) is 0 Å². The predicted octanol–water partition coefficient (Wildman–Crippen LogP) is 5.19. The van der Waals surface area contributed by atoms with Crippen molar-refractivity contribution in [3.8, 4) is 0 Å². The van der Waals surface area contributed by atoms with Crippen molar-refractivity contribution in [1.29, 1.82) is 0 Å². The van der Waals surface area contributed by atoms with Crippen LogP contribution in [0.2, 0.25) is 0 Å². The van der Waals surface area contributed by atoms with Gasteiger partial charge < -0.3 is 0 Å². The van der Waals surface area contributed by atoms with E-state index in [1.165, 1.54) is 24.6 Å². The van der Waals surface area contributed by atoms with Gasteiger partial charge in [-0.25, -0.2) is 0 Å². The van der Waals surface area contributed by atoms with Crippen LogP contribution in [0.15, 0.2) is 0 Å². The maximum absolute atomic E-state index is 2.44. The van der Waals surface area contributed by atoms with Gasteiger partial charge in [0, 0.05) is 0 Å². The second kappa shape index (κ2) is 3.73. The van der Waals surface area contributed by atoms with E-state index in [2.05, 4.69) is 47.6 Å². The van der Waals surface area contributed by atoms with Gasteiger partial charge in [0.05, 0.1) is 0 Å². The Labute approximate surface area is 84.1 Å². The van der Waals surface area contributed by atoms with Crippen LogP contribution >= 0.6 is 31.8 Å². The van der Waals surface area contributed by atoms with Crippen LogP contribution < -0.4 is 0 Å². The summed E-state index contributed by atoms with van der Waals surface area (Å²) in [5, 5.41) is 0. The molecule has 0 nitrogen and oxygen atoms in total. The Morgan fingerprint density at radius 2 is 1.17 bits per heavy atom. The van der Waals surface area contributed by atoms with Crippen molar-refractivity contribution in [3.63, 3.8) is 0 Å². The number of hydrogen-bond donors (Lipinski definition) is 0. The first-order valence-corrected chi connectivity index (χ1v) is 13.2. The van der Waals surface area contributed by atoms with Gasteiger partial charge in [0.2, 0.25) is 0 Å². The second-order valence-electron chi connectivity index (χ2n) is 3.56. The summed E-state index contributed by atoms with van der Waals surface area (Å²) in [4.78, 5) is 0. The molecule has 0 bridgehead atoms. The Morgan fingerprint density at radius 1 is 0.833 bits per heavy atom. The molecular formula is C8H20P2S2. The Morgan fingerprint density at radius 3 is 1.25 bits per heavy atom. The summed E-state index contributed by atoms with van der Waals surface area (Å²) in [6.07, 6.45) is 4.82. The molecule has 0 aliphatic carbocycles. The molecule has 0 fully saturated rings. The van der Waals surface area contributed by atoms with Gasteiger partial charge >= 0.3 is 84.1 Å². The van der Waals surface area contributed by atoms with Crippen LogP contribution in [0.3, 0.4) is 0 Å². The molecule has 1 aromatic rings. The van der Waals surface area contributed by atoms with E-state index in [1.807, 2.05) is 0 Å². The molecule has 12 heavy (non-hydrogen) atoms.